The summed E-state index contributed by atoms with van der Waals surface area (Å²) in [5.41, 5.74) is 4.25. The van der Waals surface area contributed by atoms with Gasteiger partial charge in [0.05, 0.1) is 17.5 Å². The zero-order valence-electron chi connectivity index (χ0n) is 14.7. The maximum atomic E-state index is 11.6. The highest BCUT2D eigenvalue weighted by molar-refractivity contribution is 5.97. The van der Waals surface area contributed by atoms with Gasteiger partial charge >= 0.3 is 0 Å². The van der Waals surface area contributed by atoms with E-state index in [1.807, 2.05) is 17.7 Å². The van der Waals surface area contributed by atoms with Gasteiger partial charge in [-0.15, -0.1) is 0 Å². The number of Topliss-reactive ketones (excluding diaryl/α,β-unsaturated/α-hetero) is 2. The minimum atomic E-state index is -0.0125. The second-order valence-electron chi connectivity index (χ2n) is 6.37. The Morgan fingerprint density at radius 2 is 1.65 bits per heavy atom. The Balaban J connectivity index is 1.72. The molecular formula is C20H17N3O3. The van der Waals surface area contributed by atoms with Crippen molar-refractivity contribution in [3.63, 3.8) is 0 Å². The van der Waals surface area contributed by atoms with Crippen LogP contribution in [0.1, 0.15) is 46.3 Å². The molecule has 4 aromatic rings. The summed E-state index contributed by atoms with van der Waals surface area (Å²) in [7, 11) is 1.93. The van der Waals surface area contributed by atoms with Crippen LogP contribution in [0.25, 0.3) is 22.1 Å². The summed E-state index contributed by atoms with van der Waals surface area (Å²) in [6, 6.07) is 10.7. The van der Waals surface area contributed by atoms with Gasteiger partial charge in [-0.1, -0.05) is 0 Å². The largest absolute Gasteiger partial charge is 0.440 e. The van der Waals surface area contributed by atoms with Crippen molar-refractivity contribution in [2.75, 3.05) is 0 Å². The predicted octanol–water partition coefficient (Wildman–Crippen LogP) is 3.71. The molecular weight excluding hydrogens is 330 g/mol. The number of hydrogen-bond donors (Lipinski definition) is 0. The smallest absolute Gasteiger partial charge is 0.203 e. The summed E-state index contributed by atoms with van der Waals surface area (Å²) in [5, 5.41) is 0. The first-order valence-electron chi connectivity index (χ1n) is 8.29. The van der Waals surface area contributed by atoms with Gasteiger partial charge in [-0.3, -0.25) is 9.59 Å². The number of imidazole rings is 1. The number of aromatic nitrogens is 3. The molecule has 0 radical (unpaired) electrons. The fourth-order valence-corrected chi connectivity index (χ4v) is 3.03. The summed E-state index contributed by atoms with van der Waals surface area (Å²) in [6.45, 7) is 3.06. The molecule has 2 aromatic heterocycles. The van der Waals surface area contributed by atoms with Crippen molar-refractivity contribution >= 4 is 33.7 Å². The van der Waals surface area contributed by atoms with E-state index in [0.717, 1.165) is 16.9 Å². The third-order valence-corrected chi connectivity index (χ3v) is 4.53. The Labute approximate surface area is 149 Å². The number of rotatable bonds is 4. The molecule has 0 atom stereocenters. The molecule has 26 heavy (non-hydrogen) atoms. The number of hydrogen-bond acceptors (Lipinski definition) is 5. The number of ketones is 2. The normalized spacial score (nSPS) is 11.3. The van der Waals surface area contributed by atoms with Crippen LogP contribution in [0.5, 0.6) is 0 Å². The number of fused-ring (bicyclic) bond motifs is 2. The highest BCUT2D eigenvalue weighted by Gasteiger charge is 2.14. The average molecular weight is 347 g/mol. The molecule has 4 rings (SSSR count). The van der Waals surface area contributed by atoms with E-state index in [1.165, 1.54) is 6.92 Å². The van der Waals surface area contributed by atoms with Crippen LogP contribution in [0.2, 0.25) is 0 Å². The molecule has 0 fully saturated rings. The highest BCUT2D eigenvalue weighted by Crippen LogP contribution is 2.22. The predicted molar refractivity (Wildman–Crippen MR) is 97.5 cm³/mol. The van der Waals surface area contributed by atoms with Crippen LogP contribution in [0.15, 0.2) is 40.8 Å². The standard InChI is InChI=1S/C20H17N3O3/c1-11(24)13-5-7-17-16(8-13)21-19(23(17)3)10-20-22-15-6-4-14(12(2)25)9-18(15)26-20/h4-9H,10H2,1-3H3. The molecule has 0 aliphatic heterocycles. The van der Waals surface area contributed by atoms with Crippen LogP contribution in [-0.4, -0.2) is 26.1 Å². The van der Waals surface area contributed by atoms with Gasteiger partial charge in [0, 0.05) is 18.2 Å². The average Bonchev–Trinajstić information content (AvgIpc) is 3.14. The minimum Gasteiger partial charge on any atom is -0.440 e. The number of carbonyl (C=O) groups is 2. The monoisotopic (exact) mass is 347 g/mol. The van der Waals surface area contributed by atoms with Crippen LogP contribution in [0, 0.1) is 0 Å². The fraction of sp³-hybridized carbons (Fsp3) is 0.200. The molecule has 0 spiro atoms. The van der Waals surface area contributed by atoms with Crippen LogP contribution in [-0.2, 0) is 13.5 Å². The first-order valence-corrected chi connectivity index (χ1v) is 8.29. The molecule has 6 nitrogen and oxygen atoms in total. The summed E-state index contributed by atoms with van der Waals surface area (Å²) in [6.07, 6.45) is 0.421. The lowest BCUT2D eigenvalue weighted by Crippen LogP contribution is -1.99. The van der Waals surface area contributed by atoms with Gasteiger partial charge in [0.1, 0.15) is 11.3 Å². The molecule has 6 heteroatoms. The third kappa shape index (κ3) is 2.69. The van der Waals surface area contributed by atoms with Crippen LogP contribution in [0.4, 0.5) is 0 Å². The molecule has 0 aliphatic carbocycles. The molecule has 2 aromatic carbocycles. The van der Waals surface area contributed by atoms with Crippen LogP contribution < -0.4 is 0 Å². The second kappa shape index (κ2) is 5.91. The van der Waals surface area contributed by atoms with E-state index < -0.39 is 0 Å². The van der Waals surface area contributed by atoms with Crippen molar-refractivity contribution < 1.29 is 14.0 Å². The summed E-state index contributed by atoms with van der Waals surface area (Å²) in [4.78, 5) is 32.2. The Morgan fingerprint density at radius 3 is 2.38 bits per heavy atom. The van der Waals surface area contributed by atoms with Gasteiger partial charge in [-0.2, -0.15) is 0 Å². The molecule has 2 heterocycles. The van der Waals surface area contributed by atoms with Crippen molar-refractivity contribution in [3.8, 4) is 0 Å². The van der Waals surface area contributed by atoms with Crippen molar-refractivity contribution in [2.45, 2.75) is 20.3 Å². The summed E-state index contributed by atoms with van der Waals surface area (Å²) in [5.74, 6) is 1.32. The van der Waals surface area contributed by atoms with E-state index in [2.05, 4.69) is 9.97 Å². The van der Waals surface area contributed by atoms with Crippen molar-refractivity contribution in [1.82, 2.24) is 14.5 Å². The first-order chi connectivity index (χ1) is 12.4. The van der Waals surface area contributed by atoms with Gasteiger partial charge in [0.15, 0.2) is 17.1 Å². The summed E-state index contributed by atoms with van der Waals surface area (Å²) >= 11 is 0. The molecule has 0 amide bonds. The fourth-order valence-electron chi connectivity index (χ4n) is 3.03. The van der Waals surface area contributed by atoms with E-state index in [4.69, 9.17) is 4.42 Å². The molecule has 0 N–H and O–H groups in total. The van der Waals surface area contributed by atoms with Gasteiger partial charge in [0.25, 0.3) is 0 Å². The third-order valence-electron chi connectivity index (χ3n) is 4.53. The zero-order valence-corrected chi connectivity index (χ0v) is 14.7. The zero-order chi connectivity index (χ0) is 18.4. The minimum absolute atomic E-state index is 0.0125. The van der Waals surface area contributed by atoms with Crippen molar-refractivity contribution in [3.05, 3.63) is 59.2 Å². The van der Waals surface area contributed by atoms with Gasteiger partial charge in [0.2, 0.25) is 5.89 Å². The second-order valence-corrected chi connectivity index (χ2v) is 6.37. The number of aryl methyl sites for hydroxylation is 1. The number of benzene rings is 2. The van der Waals surface area contributed by atoms with Crippen molar-refractivity contribution in [2.24, 2.45) is 7.05 Å². The molecule has 0 unspecified atom stereocenters. The number of nitrogens with zero attached hydrogens (tertiary/aromatic N) is 3. The quantitative estimate of drug-likeness (QED) is 0.526. The van der Waals surface area contributed by atoms with E-state index in [1.54, 1.807) is 37.3 Å². The van der Waals surface area contributed by atoms with E-state index in [-0.39, 0.29) is 11.6 Å². The Morgan fingerprint density at radius 1 is 0.962 bits per heavy atom. The molecule has 130 valence electrons. The maximum absolute atomic E-state index is 11.6. The number of oxazole rings is 1. The summed E-state index contributed by atoms with van der Waals surface area (Å²) < 4.78 is 7.77. The Bertz CT molecular complexity index is 1180. The lowest BCUT2D eigenvalue weighted by Gasteiger charge is -1.99. The van der Waals surface area contributed by atoms with Crippen molar-refractivity contribution in [1.29, 1.82) is 0 Å². The lowest BCUT2D eigenvalue weighted by molar-refractivity contribution is 0.100. The Hall–Kier alpha value is -3.28. The van der Waals surface area contributed by atoms with E-state index >= 15 is 0 Å². The number of carbonyl (C=O) groups excluding carboxylic acids is 2. The maximum Gasteiger partial charge on any atom is 0.203 e. The highest BCUT2D eigenvalue weighted by atomic mass is 16.3. The molecule has 0 saturated carbocycles. The molecule has 0 aliphatic rings. The van der Waals surface area contributed by atoms with E-state index in [0.29, 0.717) is 34.5 Å². The molecule has 0 saturated heterocycles. The van der Waals surface area contributed by atoms with Crippen LogP contribution in [0.3, 0.4) is 0 Å². The lowest BCUT2D eigenvalue weighted by atomic mass is 10.1. The SMILES string of the molecule is CC(=O)c1ccc2c(c1)nc(Cc1nc3ccc(C(C)=O)cc3o1)n2C. The first kappa shape index (κ1) is 16.2. The van der Waals surface area contributed by atoms with Crippen LogP contribution >= 0.6 is 0 Å². The Kier molecular flexibility index (Phi) is 3.68. The van der Waals surface area contributed by atoms with E-state index in [9.17, 15) is 9.59 Å². The molecule has 0 bridgehead atoms. The van der Waals surface area contributed by atoms with Gasteiger partial charge in [-0.25, -0.2) is 9.97 Å². The van der Waals surface area contributed by atoms with Gasteiger partial charge < -0.3 is 8.98 Å². The van der Waals surface area contributed by atoms with Gasteiger partial charge in [-0.05, 0) is 50.2 Å². The topological polar surface area (TPSA) is 78.0 Å².